The quantitative estimate of drug-likeness (QED) is 0.238. The van der Waals surface area contributed by atoms with Gasteiger partial charge in [-0.3, -0.25) is 9.59 Å². The van der Waals surface area contributed by atoms with Crippen LogP contribution in [0, 0.1) is 23.7 Å². The summed E-state index contributed by atoms with van der Waals surface area (Å²) in [5.41, 5.74) is -4.84. The molecule has 298 valence electrons. The normalized spacial score (nSPS) is 49.7. The van der Waals surface area contributed by atoms with E-state index in [0.29, 0.717) is 6.42 Å². The number of ether oxygens (including phenoxy) is 6. The molecular formula is C37H67NO13. The number of rotatable bonds is 7. The third kappa shape index (κ3) is 9.51. The molecule has 5 N–H and O–H groups in total. The molecule has 51 heavy (non-hydrogen) atoms. The van der Waals surface area contributed by atoms with Crippen LogP contribution in [-0.4, -0.2) is 148 Å². The number of Topliss-reactive ketones (excluding diaryl/α,β-unsaturated/α-hetero) is 1. The summed E-state index contributed by atoms with van der Waals surface area (Å²) in [4.78, 5) is 29.8. The fourth-order valence-corrected chi connectivity index (χ4v) is 8.41. The minimum atomic E-state index is -1.99. The molecule has 0 saturated carbocycles. The van der Waals surface area contributed by atoms with Crippen LogP contribution in [0.3, 0.4) is 0 Å². The van der Waals surface area contributed by atoms with E-state index in [1.54, 1.807) is 41.5 Å². The minimum Gasteiger partial charge on any atom is -0.459 e. The Morgan fingerprint density at radius 3 is 2.04 bits per heavy atom. The lowest BCUT2D eigenvalue weighted by Gasteiger charge is -2.49. The van der Waals surface area contributed by atoms with Crippen molar-refractivity contribution in [2.24, 2.45) is 23.7 Å². The average molecular weight is 734 g/mol. The van der Waals surface area contributed by atoms with Crippen LogP contribution in [-0.2, 0) is 38.0 Å². The van der Waals surface area contributed by atoms with Gasteiger partial charge in [-0.05, 0) is 74.9 Å². The lowest BCUT2D eigenvalue weighted by atomic mass is 9.74. The number of aliphatic hydroxyl groups excluding tert-OH is 3. The van der Waals surface area contributed by atoms with Gasteiger partial charge < -0.3 is 58.9 Å². The molecule has 3 fully saturated rings. The molecule has 3 heterocycles. The Morgan fingerprint density at radius 1 is 0.882 bits per heavy atom. The zero-order valence-corrected chi connectivity index (χ0v) is 32.9. The summed E-state index contributed by atoms with van der Waals surface area (Å²) >= 11 is 0. The van der Waals surface area contributed by atoms with Gasteiger partial charge >= 0.3 is 5.97 Å². The van der Waals surface area contributed by atoms with Gasteiger partial charge in [-0.15, -0.1) is 0 Å². The molecular weight excluding hydrogens is 666 g/mol. The van der Waals surface area contributed by atoms with E-state index < -0.39 is 108 Å². The molecule has 18 atom stereocenters. The van der Waals surface area contributed by atoms with E-state index in [1.807, 2.05) is 25.9 Å². The van der Waals surface area contributed by atoms with Crippen LogP contribution in [0.2, 0.25) is 0 Å². The van der Waals surface area contributed by atoms with Gasteiger partial charge in [0.1, 0.15) is 29.7 Å². The zero-order chi connectivity index (χ0) is 39.0. The van der Waals surface area contributed by atoms with Crippen LogP contribution in [0.1, 0.15) is 94.9 Å². The number of aliphatic hydroxyl groups is 5. The summed E-state index contributed by atoms with van der Waals surface area (Å²) in [7, 11) is 5.18. The predicted molar refractivity (Wildman–Crippen MR) is 186 cm³/mol. The van der Waals surface area contributed by atoms with Crippen molar-refractivity contribution in [1.29, 1.82) is 0 Å². The number of likely N-dealkylation sites (N-methyl/N-ethyl adjacent to an activating group) is 1. The van der Waals surface area contributed by atoms with E-state index >= 15 is 0 Å². The van der Waals surface area contributed by atoms with Gasteiger partial charge in [0.2, 0.25) is 0 Å². The molecule has 0 amide bonds. The summed E-state index contributed by atoms with van der Waals surface area (Å²) in [5, 5.41) is 57.6. The predicted octanol–water partition coefficient (Wildman–Crippen LogP) is 1.79. The number of nitrogens with zero attached hydrogens (tertiary/aromatic N) is 1. The van der Waals surface area contributed by atoms with Crippen molar-refractivity contribution in [3.05, 3.63) is 0 Å². The Kier molecular flexibility index (Phi) is 14.7. The minimum absolute atomic E-state index is 0.0936. The number of carbonyl (C=O) groups excluding carboxylic acids is 2. The topological polar surface area (TPSA) is 194 Å². The maximum atomic E-state index is 14.1. The van der Waals surface area contributed by atoms with Gasteiger partial charge in [-0.1, -0.05) is 27.7 Å². The standard InChI is InChI=1S/C37H67NO13/c1-14-25-37(10,45)30(41)20(4)27(39)18(2)16-35(8,44)32(51-34-28(40)24(38(11)12)15-19(3)47-34)21(5)29(22(6)33(43)49-25)50-26-17-36(9,46-13)31(42)23(7)48-26/h18-26,28-32,34,40-42,44-45H,14-17H2,1-13H3/t18-,19+,20-,21+,22-,23-,24-,25-,26-,28+,29+,30+,31-,32-,34-,35-,36+,37+/m0/s1. The van der Waals surface area contributed by atoms with Gasteiger partial charge in [0, 0.05) is 37.3 Å². The number of hydrogen-bond donors (Lipinski definition) is 5. The molecule has 3 rings (SSSR count). The number of esters is 1. The molecule has 14 heteroatoms. The van der Waals surface area contributed by atoms with Crippen LogP contribution in [0.5, 0.6) is 0 Å². The average Bonchev–Trinajstić information content (AvgIpc) is 3.05. The SMILES string of the molecule is CC[C@@H]1OC(=O)[C@@H](C)[C@H](O[C@H]2C[C@@](C)(OC)[C@@H](O)[C@H](C)O2)[C@@H](C)[C@H](O[C@@H]2O[C@H](C)C[C@H](N(C)C)[C@H]2O)[C@@](C)(O)C[C@H](C)C(=O)[C@H](C)[C@@H](O)[C@]1(C)O. The van der Waals surface area contributed by atoms with Crippen LogP contribution >= 0.6 is 0 Å². The van der Waals surface area contributed by atoms with E-state index in [-0.39, 0.29) is 31.4 Å². The molecule has 0 aliphatic carbocycles. The van der Waals surface area contributed by atoms with Crippen LogP contribution in [0.25, 0.3) is 0 Å². The van der Waals surface area contributed by atoms with E-state index in [9.17, 15) is 35.1 Å². The lowest BCUT2D eigenvalue weighted by molar-refractivity contribution is -0.318. The first-order valence-corrected chi connectivity index (χ1v) is 18.5. The molecule has 0 radical (unpaired) electrons. The second-order valence-electron chi connectivity index (χ2n) is 16.5. The van der Waals surface area contributed by atoms with Crippen molar-refractivity contribution in [2.75, 3.05) is 21.2 Å². The number of ketones is 1. The summed E-state index contributed by atoms with van der Waals surface area (Å²) in [6.45, 7) is 16.3. The van der Waals surface area contributed by atoms with E-state index in [4.69, 9.17) is 28.4 Å². The van der Waals surface area contributed by atoms with Crippen LogP contribution in [0.4, 0.5) is 0 Å². The van der Waals surface area contributed by atoms with Gasteiger partial charge in [-0.25, -0.2) is 0 Å². The third-order valence-electron chi connectivity index (χ3n) is 11.8. The molecule has 0 aromatic rings. The first kappa shape index (κ1) is 44.1. The van der Waals surface area contributed by atoms with Crippen LogP contribution in [0.15, 0.2) is 0 Å². The van der Waals surface area contributed by atoms with Crippen molar-refractivity contribution >= 4 is 11.8 Å². The molecule has 0 spiro atoms. The van der Waals surface area contributed by atoms with Crippen molar-refractivity contribution in [2.45, 2.75) is 179 Å². The zero-order valence-electron chi connectivity index (χ0n) is 32.9. The summed E-state index contributed by atoms with van der Waals surface area (Å²) < 4.78 is 37.1. The number of carbonyl (C=O) groups is 2. The van der Waals surface area contributed by atoms with Gasteiger partial charge in [-0.2, -0.15) is 0 Å². The Labute approximate surface area is 304 Å². The highest BCUT2D eigenvalue weighted by molar-refractivity contribution is 5.83. The number of hydrogen-bond acceptors (Lipinski definition) is 14. The molecule has 3 aliphatic rings. The Hall–Kier alpha value is -1.30. The van der Waals surface area contributed by atoms with Gasteiger partial charge in [0.25, 0.3) is 0 Å². The lowest BCUT2D eigenvalue weighted by Crippen LogP contribution is -2.61. The monoisotopic (exact) mass is 733 g/mol. The highest BCUT2D eigenvalue weighted by Gasteiger charge is 2.53. The first-order valence-electron chi connectivity index (χ1n) is 18.5. The van der Waals surface area contributed by atoms with E-state index in [1.165, 1.54) is 27.9 Å². The summed E-state index contributed by atoms with van der Waals surface area (Å²) in [6.07, 6.45) is -9.71. The highest BCUT2D eigenvalue weighted by Crippen LogP contribution is 2.40. The molecule has 0 bridgehead atoms. The van der Waals surface area contributed by atoms with E-state index in [0.717, 1.165) is 0 Å². The second kappa shape index (κ2) is 17.0. The first-order chi connectivity index (χ1) is 23.4. The van der Waals surface area contributed by atoms with Crippen molar-refractivity contribution in [1.82, 2.24) is 4.90 Å². The maximum Gasteiger partial charge on any atom is 0.311 e. The fourth-order valence-electron chi connectivity index (χ4n) is 8.41. The molecule has 14 nitrogen and oxygen atoms in total. The fraction of sp³-hybridized carbons (Fsp3) is 0.946. The van der Waals surface area contributed by atoms with Gasteiger partial charge in [0.05, 0.1) is 47.6 Å². The van der Waals surface area contributed by atoms with Crippen molar-refractivity contribution in [3.8, 4) is 0 Å². The van der Waals surface area contributed by atoms with Crippen molar-refractivity contribution in [3.63, 3.8) is 0 Å². The largest absolute Gasteiger partial charge is 0.459 e. The van der Waals surface area contributed by atoms with E-state index in [2.05, 4.69) is 0 Å². The molecule has 0 unspecified atom stereocenters. The van der Waals surface area contributed by atoms with Crippen LogP contribution < -0.4 is 0 Å². The highest BCUT2D eigenvalue weighted by atomic mass is 16.7. The number of methoxy groups -OCH3 is 1. The Morgan fingerprint density at radius 2 is 1.49 bits per heavy atom. The van der Waals surface area contributed by atoms with Gasteiger partial charge in [0.15, 0.2) is 12.6 Å². The summed E-state index contributed by atoms with van der Waals surface area (Å²) in [5.74, 6) is -4.98. The molecule has 3 aliphatic heterocycles. The van der Waals surface area contributed by atoms with Crippen molar-refractivity contribution < 1.29 is 63.5 Å². The molecule has 0 aromatic carbocycles. The summed E-state index contributed by atoms with van der Waals surface area (Å²) in [6, 6.07) is -0.324. The second-order valence-corrected chi connectivity index (χ2v) is 16.5. The number of cyclic esters (lactones) is 1. The Bertz CT molecular complexity index is 1170. The maximum absolute atomic E-state index is 14.1. The Balaban J connectivity index is 2.18. The third-order valence-corrected chi connectivity index (χ3v) is 11.8. The molecule has 0 aromatic heterocycles. The molecule has 3 saturated heterocycles. The smallest absolute Gasteiger partial charge is 0.311 e.